The number of Topliss-reactive ketones (excluding diaryl/α,β-unsaturated/α-hetero) is 1. The number of carbonyl (C=O) groups excluding carboxylic acids is 2. The van der Waals surface area contributed by atoms with Crippen molar-refractivity contribution in [3.05, 3.63) is 70.8 Å². The Balaban J connectivity index is 1.76. The fourth-order valence-corrected chi connectivity index (χ4v) is 3.66. The third kappa shape index (κ3) is 5.31. The lowest BCUT2D eigenvalue weighted by Crippen LogP contribution is -2.38. The van der Waals surface area contributed by atoms with E-state index in [9.17, 15) is 9.59 Å². The van der Waals surface area contributed by atoms with Gasteiger partial charge in [0.25, 0.3) is 5.91 Å². The second kappa shape index (κ2) is 9.02. The molecular formula is C21H19ClN2O2S. The van der Waals surface area contributed by atoms with Crippen molar-refractivity contribution in [2.24, 2.45) is 4.99 Å². The lowest BCUT2D eigenvalue weighted by Gasteiger charge is -2.26. The van der Waals surface area contributed by atoms with Gasteiger partial charge in [-0.05, 0) is 61.4 Å². The van der Waals surface area contributed by atoms with E-state index in [-0.39, 0.29) is 11.7 Å². The Morgan fingerprint density at radius 3 is 2.48 bits per heavy atom. The summed E-state index contributed by atoms with van der Waals surface area (Å²) in [6.45, 7) is 2.17. The van der Waals surface area contributed by atoms with Crippen LogP contribution in [0.15, 0.2) is 59.6 Å². The Morgan fingerprint density at radius 1 is 1.11 bits per heavy atom. The van der Waals surface area contributed by atoms with Gasteiger partial charge in [-0.25, -0.2) is 4.99 Å². The first-order valence-corrected chi connectivity index (χ1v) is 9.97. The molecule has 138 valence electrons. The molecular weight excluding hydrogens is 380 g/mol. The minimum absolute atomic E-state index is 0.0189. The van der Waals surface area contributed by atoms with Gasteiger partial charge in [0.2, 0.25) is 0 Å². The summed E-state index contributed by atoms with van der Waals surface area (Å²) < 4.78 is 0. The normalized spacial score (nSPS) is 16.1. The van der Waals surface area contributed by atoms with Crippen molar-refractivity contribution in [1.82, 2.24) is 4.90 Å². The maximum absolute atomic E-state index is 12.7. The van der Waals surface area contributed by atoms with E-state index in [1.807, 2.05) is 12.1 Å². The summed E-state index contributed by atoms with van der Waals surface area (Å²) in [6.07, 6.45) is 4.26. The Labute approximate surface area is 167 Å². The number of benzene rings is 2. The molecule has 3 rings (SSSR count). The zero-order valence-corrected chi connectivity index (χ0v) is 16.5. The van der Waals surface area contributed by atoms with E-state index in [1.54, 1.807) is 65.2 Å². The highest BCUT2D eigenvalue weighted by molar-refractivity contribution is 8.13. The molecule has 0 unspecified atom stereocenters. The van der Waals surface area contributed by atoms with Crippen LogP contribution in [0.25, 0.3) is 6.08 Å². The summed E-state index contributed by atoms with van der Waals surface area (Å²) in [6, 6.07) is 14.4. The first-order chi connectivity index (χ1) is 13.0. The van der Waals surface area contributed by atoms with E-state index in [0.29, 0.717) is 22.3 Å². The molecule has 1 amide bonds. The Kier molecular flexibility index (Phi) is 6.48. The molecule has 6 heteroatoms. The first kappa shape index (κ1) is 19.4. The van der Waals surface area contributed by atoms with E-state index < -0.39 is 0 Å². The lowest BCUT2D eigenvalue weighted by molar-refractivity contribution is -0.122. The van der Waals surface area contributed by atoms with Crippen LogP contribution in [0.2, 0.25) is 5.02 Å². The summed E-state index contributed by atoms with van der Waals surface area (Å²) in [5.74, 6) is 0.844. The molecule has 0 atom stereocenters. The van der Waals surface area contributed by atoms with Crippen molar-refractivity contribution < 1.29 is 9.59 Å². The topological polar surface area (TPSA) is 49.7 Å². The zero-order valence-electron chi connectivity index (χ0n) is 14.9. The Bertz CT molecular complexity index is 889. The second-order valence-electron chi connectivity index (χ2n) is 6.07. The smallest absolute Gasteiger partial charge is 0.252 e. The molecule has 1 aliphatic heterocycles. The molecule has 0 aromatic heterocycles. The van der Waals surface area contributed by atoms with Crippen LogP contribution in [0.1, 0.15) is 29.3 Å². The molecule has 4 nitrogen and oxygen atoms in total. The standard InChI is InChI=1S/C21H19ClN2O2S/c1-15(25)17-6-10-19(11-7-17)23-21-24(13-2-14-27-21)20(26)12-5-16-3-8-18(22)9-4-16/h3-12H,2,13-14H2,1H3/b12-5+,23-21?. The van der Waals surface area contributed by atoms with Gasteiger partial charge >= 0.3 is 0 Å². The molecule has 0 bridgehead atoms. The van der Waals surface area contributed by atoms with Gasteiger partial charge in [-0.3, -0.25) is 14.5 Å². The number of aliphatic imine (C=N–C) groups is 1. The number of hydrogen-bond donors (Lipinski definition) is 0. The van der Waals surface area contributed by atoms with Gasteiger partial charge in [-0.15, -0.1) is 0 Å². The van der Waals surface area contributed by atoms with Gasteiger partial charge in [0.05, 0.1) is 5.69 Å². The predicted molar refractivity (Wildman–Crippen MR) is 113 cm³/mol. The van der Waals surface area contributed by atoms with Gasteiger partial charge in [0.1, 0.15) is 0 Å². The monoisotopic (exact) mass is 398 g/mol. The maximum atomic E-state index is 12.7. The quantitative estimate of drug-likeness (QED) is 0.524. The Hall–Kier alpha value is -2.37. The van der Waals surface area contributed by atoms with Crippen LogP contribution in [0.5, 0.6) is 0 Å². The SMILES string of the molecule is CC(=O)c1ccc(N=C2SCCCN2C(=O)/C=C/c2ccc(Cl)cc2)cc1. The van der Waals surface area contributed by atoms with E-state index >= 15 is 0 Å². The van der Waals surface area contributed by atoms with Gasteiger partial charge in [0.15, 0.2) is 11.0 Å². The van der Waals surface area contributed by atoms with Crippen molar-refractivity contribution in [2.45, 2.75) is 13.3 Å². The molecule has 1 saturated heterocycles. The number of halogens is 1. The third-order valence-electron chi connectivity index (χ3n) is 4.04. The average molecular weight is 399 g/mol. The van der Waals surface area contributed by atoms with Gasteiger partial charge in [-0.1, -0.05) is 35.5 Å². The average Bonchev–Trinajstić information content (AvgIpc) is 2.68. The van der Waals surface area contributed by atoms with E-state index in [1.165, 1.54) is 6.92 Å². The number of amidine groups is 1. The van der Waals surface area contributed by atoms with Crippen LogP contribution in [-0.4, -0.2) is 34.1 Å². The number of amides is 1. The molecule has 0 spiro atoms. The van der Waals surface area contributed by atoms with Crippen molar-refractivity contribution in [2.75, 3.05) is 12.3 Å². The molecule has 2 aromatic carbocycles. The summed E-state index contributed by atoms with van der Waals surface area (Å²) in [4.78, 5) is 30.3. The molecule has 0 aliphatic carbocycles. The summed E-state index contributed by atoms with van der Waals surface area (Å²) >= 11 is 7.45. The second-order valence-corrected chi connectivity index (χ2v) is 7.57. The number of hydrogen-bond acceptors (Lipinski definition) is 4. The summed E-state index contributed by atoms with van der Waals surface area (Å²) in [7, 11) is 0. The third-order valence-corrected chi connectivity index (χ3v) is 5.36. The molecule has 1 heterocycles. The van der Waals surface area contributed by atoms with Crippen LogP contribution in [0, 0.1) is 0 Å². The van der Waals surface area contributed by atoms with Crippen molar-refractivity contribution >= 4 is 52.0 Å². The molecule has 1 fully saturated rings. The van der Waals surface area contributed by atoms with Gasteiger partial charge in [0, 0.05) is 29.0 Å². The lowest BCUT2D eigenvalue weighted by atomic mass is 10.1. The van der Waals surface area contributed by atoms with Crippen molar-refractivity contribution in [1.29, 1.82) is 0 Å². The highest BCUT2D eigenvalue weighted by Gasteiger charge is 2.22. The number of thioether (sulfide) groups is 1. The molecule has 0 saturated carbocycles. The van der Waals surface area contributed by atoms with E-state index in [0.717, 1.165) is 23.4 Å². The predicted octanol–water partition coefficient (Wildman–Crippen LogP) is 5.21. The van der Waals surface area contributed by atoms with Crippen LogP contribution in [-0.2, 0) is 4.79 Å². The van der Waals surface area contributed by atoms with E-state index in [4.69, 9.17) is 11.6 Å². The Morgan fingerprint density at radius 2 is 1.81 bits per heavy atom. The number of nitrogens with zero attached hydrogens (tertiary/aromatic N) is 2. The number of rotatable bonds is 4. The fraction of sp³-hybridized carbons (Fsp3) is 0.190. The maximum Gasteiger partial charge on any atom is 0.252 e. The molecule has 1 aliphatic rings. The van der Waals surface area contributed by atoms with Crippen LogP contribution < -0.4 is 0 Å². The summed E-state index contributed by atoms with van der Waals surface area (Å²) in [5.41, 5.74) is 2.29. The first-order valence-electron chi connectivity index (χ1n) is 8.60. The molecule has 0 N–H and O–H groups in total. The van der Waals surface area contributed by atoms with Crippen LogP contribution >= 0.6 is 23.4 Å². The zero-order chi connectivity index (χ0) is 19.2. The highest BCUT2D eigenvalue weighted by atomic mass is 35.5. The fourth-order valence-electron chi connectivity index (χ4n) is 2.57. The van der Waals surface area contributed by atoms with Crippen molar-refractivity contribution in [3.8, 4) is 0 Å². The minimum Gasteiger partial charge on any atom is -0.295 e. The molecule has 27 heavy (non-hydrogen) atoms. The van der Waals surface area contributed by atoms with Crippen molar-refractivity contribution in [3.63, 3.8) is 0 Å². The summed E-state index contributed by atoms with van der Waals surface area (Å²) in [5, 5.41) is 1.35. The molecule has 0 radical (unpaired) electrons. The number of ketones is 1. The highest BCUT2D eigenvalue weighted by Crippen LogP contribution is 2.23. The molecule has 2 aromatic rings. The van der Waals surface area contributed by atoms with Crippen LogP contribution in [0.3, 0.4) is 0 Å². The minimum atomic E-state index is -0.101. The van der Waals surface area contributed by atoms with Gasteiger partial charge < -0.3 is 0 Å². The van der Waals surface area contributed by atoms with Crippen LogP contribution in [0.4, 0.5) is 5.69 Å². The number of carbonyl (C=O) groups is 2. The van der Waals surface area contributed by atoms with Gasteiger partial charge in [-0.2, -0.15) is 0 Å². The largest absolute Gasteiger partial charge is 0.295 e. The van der Waals surface area contributed by atoms with E-state index in [2.05, 4.69) is 4.99 Å².